The van der Waals surface area contributed by atoms with Crippen LogP contribution in [-0.4, -0.2) is 66.1 Å². The van der Waals surface area contributed by atoms with Gasteiger partial charge in [-0.1, -0.05) is 54.1 Å². The van der Waals surface area contributed by atoms with Crippen LogP contribution in [0.4, 0.5) is 0 Å². The molecular formula is C29H28ClN3O4S. The molecule has 2 atom stereocenters. The molecule has 0 bridgehead atoms. The zero-order valence-corrected chi connectivity index (χ0v) is 22.5. The standard InChI is InChI=1S/C29H28ClN3O4S/c1-19(18-32-28(34)23-6-2-3-7-24(23)29(32)35)31-16-14-22(15-17-31)33-27(20-10-12-21(30)13-11-20)25-8-4-5-9-26(25)38(33,36)37/h2-13,19,22,27H,14-18H2,1H3. The number of imide groups is 1. The normalized spacial score (nSPS) is 22.5. The summed E-state index contributed by atoms with van der Waals surface area (Å²) in [6.45, 7) is 3.66. The van der Waals surface area contributed by atoms with Crippen molar-refractivity contribution in [3.8, 4) is 0 Å². The highest BCUT2D eigenvalue weighted by Crippen LogP contribution is 2.46. The van der Waals surface area contributed by atoms with Gasteiger partial charge in [-0.25, -0.2) is 8.42 Å². The first-order valence-corrected chi connectivity index (χ1v) is 14.7. The Morgan fingerprint density at radius 1 is 0.868 bits per heavy atom. The number of carbonyl (C=O) groups excluding carboxylic acids is 2. The van der Waals surface area contributed by atoms with Gasteiger partial charge < -0.3 is 0 Å². The average Bonchev–Trinajstić information content (AvgIpc) is 3.32. The molecule has 0 spiro atoms. The minimum absolute atomic E-state index is 0.0439. The van der Waals surface area contributed by atoms with E-state index in [1.807, 2.05) is 31.2 Å². The molecule has 0 aliphatic carbocycles. The number of likely N-dealkylation sites (tertiary alicyclic amines) is 1. The maximum atomic E-state index is 13.8. The van der Waals surface area contributed by atoms with Gasteiger partial charge in [0, 0.05) is 36.7 Å². The molecule has 0 N–H and O–H groups in total. The summed E-state index contributed by atoms with van der Waals surface area (Å²) in [4.78, 5) is 29.6. The van der Waals surface area contributed by atoms with E-state index in [9.17, 15) is 18.0 Å². The van der Waals surface area contributed by atoms with Gasteiger partial charge in [-0.3, -0.25) is 19.4 Å². The highest BCUT2D eigenvalue weighted by atomic mass is 35.5. The Bertz CT molecular complexity index is 1480. The van der Waals surface area contributed by atoms with E-state index in [0.29, 0.717) is 53.5 Å². The summed E-state index contributed by atoms with van der Waals surface area (Å²) in [6, 6.07) is 20.9. The maximum Gasteiger partial charge on any atom is 0.261 e. The van der Waals surface area contributed by atoms with Crippen LogP contribution in [0.1, 0.15) is 57.7 Å². The second kappa shape index (κ2) is 9.61. The molecule has 6 rings (SSSR count). The molecule has 0 radical (unpaired) electrons. The Morgan fingerprint density at radius 2 is 1.45 bits per heavy atom. The SMILES string of the molecule is CC(CN1C(=O)c2ccccc2C1=O)N1CCC(N2C(c3ccc(Cl)cc3)c3ccccc3S2(=O)=O)CC1. The van der Waals surface area contributed by atoms with Gasteiger partial charge in [-0.05, 0) is 61.2 Å². The van der Waals surface area contributed by atoms with Gasteiger partial charge in [0.15, 0.2) is 0 Å². The molecule has 38 heavy (non-hydrogen) atoms. The second-order valence-corrected chi connectivity index (χ2v) is 12.5. The molecule has 1 saturated heterocycles. The fourth-order valence-corrected chi connectivity index (χ4v) is 8.27. The summed E-state index contributed by atoms with van der Waals surface area (Å²) in [5.74, 6) is -0.502. The van der Waals surface area contributed by atoms with Gasteiger partial charge in [0.05, 0.1) is 22.1 Å². The molecule has 196 valence electrons. The number of hydrogen-bond acceptors (Lipinski definition) is 5. The lowest BCUT2D eigenvalue weighted by molar-refractivity contribution is 0.0556. The van der Waals surface area contributed by atoms with Crippen molar-refractivity contribution in [2.75, 3.05) is 19.6 Å². The Kier molecular flexibility index (Phi) is 6.39. The van der Waals surface area contributed by atoms with Crippen LogP contribution in [0.2, 0.25) is 5.02 Å². The molecule has 3 aromatic rings. The van der Waals surface area contributed by atoms with Crippen LogP contribution in [0.3, 0.4) is 0 Å². The van der Waals surface area contributed by atoms with Gasteiger partial charge in [0.2, 0.25) is 10.0 Å². The summed E-state index contributed by atoms with van der Waals surface area (Å²) >= 11 is 6.13. The zero-order valence-electron chi connectivity index (χ0n) is 21.0. The van der Waals surface area contributed by atoms with Crippen molar-refractivity contribution in [1.29, 1.82) is 0 Å². The van der Waals surface area contributed by atoms with Gasteiger partial charge in [-0.2, -0.15) is 4.31 Å². The van der Waals surface area contributed by atoms with E-state index < -0.39 is 16.1 Å². The highest BCUT2D eigenvalue weighted by molar-refractivity contribution is 7.89. The Morgan fingerprint density at radius 3 is 2.08 bits per heavy atom. The second-order valence-electron chi connectivity index (χ2n) is 10.2. The Labute approximate surface area is 227 Å². The molecule has 3 heterocycles. The molecular weight excluding hydrogens is 522 g/mol. The number of carbonyl (C=O) groups is 2. The molecule has 3 aliphatic heterocycles. The van der Waals surface area contributed by atoms with Crippen LogP contribution < -0.4 is 0 Å². The van der Waals surface area contributed by atoms with Crippen molar-refractivity contribution >= 4 is 33.4 Å². The first kappa shape index (κ1) is 25.2. The summed E-state index contributed by atoms with van der Waals surface area (Å²) in [5, 5.41) is 0.606. The van der Waals surface area contributed by atoms with Crippen LogP contribution in [0.25, 0.3) is 0 Å². The molecule has 7 nitrogen and oxygen atoms in total. The Hall–Kier alpha value is -3.04. The van der Waals surface area contributed by atoms with E-state index in [1.54, 1.807) is 52.8 Å². The molecule has 3 aliphatic rings. The molecule has 0 saturated carbocycles. The predicted molar refractivity (Wildman–Crippen MR) is 145 cm³/mol. The van der Waals surface area contributed by atoms with Gasteiger partial charge in [0.1, 0.15) is 0 Å². The zero-order chi connectivity index (χ0) is 26.6. The number of piperidine rings is 1. The minimum atomic E-state index is -3.67. The van der Waals surface area contributed by atoms with Crippen molar-refractivity contribution < 1.29 is 18.0 Å². The van der Waals surface area contributed by atoms with E-state index in [1.165, 1.54) is 4.90 Å². The van der Waals surface area contributed by atoms with E-state index >= 15 is 0 Å². The van der Waals surface area contributed by atoms with Gasteiger partial charge in [-0.15, -0.1) is 0 Å². The van der Waals surface area contributed by atoms with Crippen molar-refractivity contribution in [1.82, 2.24) is 14.1 Å². The lowest BCUT2D eigenvalue weighted by atomic mass is 9.95. The van der Waals surface area contributed by atoms with Gasteiger partial charge >= 0.3 is 0 Å². The Balaban J connectivity index is 1.19. The lowest BCUT2D eigenvalue weighted by Gasteiger charge is -2.41. The number of amides is 2. The van der Waals surface area contributed by atoms with Crippen LogP contribution in [0.15, 0.2) is 77.7 Å². The first-order chi connectivity index (χ1) is 18.3. The molecule has 2 unspecified atom stereocenters. The smallest absolute Gasteiger partial charge is 0.261 e. The number of fused-ring (bicyclic) bond motifs is 2. The van der Waals surface area contributed by atoms with Crippen molar-refractivity contribution in [2.45, 2.75) is 42.8 Å². The van der Waals surface area contributed by atoms with Crippen LogP contribution >= 0.6 is 11.6 Å². The highest BCUT2D eigenvalue weighted by Gasteiger charge is 2.47. The van der Waals surface area contributed by atoms with E-state index in [4.69, 9.17) is 11.6 Å². The van der Waals surface area contributed by atoms with Crippen molar-refractivity contribution in [2.24, 2.45) is 0 Å². The number of nitrogens with zero attached hydrogens (tertiary/aromatic N) is 3. The molecule has 0 aromatic heterocycles. The van der Waals surface area contributed by atoms with Crippen molar-refractivity contribution in [3.05, 3.63) is 100 Å². The van der Waals surface area contributed by atoms with Crippen LogP contribution in [-0.2, 0) is 10.0 Å². The third-order valence-corrected chi connectivity index (χ3v) is 10.3. The number of benzene rings is 3. The summed E-state index contributed by atoms with van der Waals surface area (Å²) in [7, 11) is -3.67. The summed E-state index contributed by atoms with van der Waals surface area (Å²) in [5.41, 5.74) is 2.59. The van der Waals surface area contributed by atoms with Crippen LogP contribution in [0.5, 0.6) is 0 Å². The average molecular weight is 550 g/mol. The summed E-state index contributed by atoms with van der Waals surface area (Å²) in [6.07, 6.45) is 1.31. The fourth-order valence-electron chi connectivity index (χ4n) is 6.08. The lowest BCUT2D eigenvalue weighted by Crippen LogP contribution is -2.51. The van der Waals surface area contributed by atoms with E-state index in [0.717, 1.165) is 11.1 Å². The number of hydrogen-bond donors (Lipinski definition) is 0. The predicted octanol–water partition coefficient (Wildman–Crippen LogP) is 4.58. The first-order valence-electron chi connectivity index (χ1n) is 12.8. The quantitative estimate of drug-likeness (QED) is 0.435. The minimum Gasteiger partial charge on any atom is -0.299 e. The maximum absolute atomic E-state index is 13.8. The van der Waals surface area contributed by atoms with Crippen molar-refractivity contribution in [3.63, 3.8) is 0 Å². The third kappa shape index (κ3) is 4.07. The van der Waals surface area contributed by atoms with Gasteiger partial charge in [0.25, 0.3) is 11.8 Å². The monoisotopic (exact) mass is 549 g/mol. The number of rotatable bonds is 5. The largest absolute Gasteiger partial charge is 0.299 e. The van der Waals surface area contributed by atoms with Crippen LogP contribution in [0, 0.1) is 0 Å². The number of sulfonamides is 1. The third-order valence-electron chi connectivity index (χ3n) is 8.02. The van der Waals surface area contributed by atoms with E-state index in [2.05, 4.69) is 4.90 Å². The summed E-state index contributed by atoms with van der Waals surface area (Å²) < 4.78 is 29.2. The topological polar surface area (TPSA) is 78.0 Å². The number of halogens is 1. The molecule has 3 aromatic carbocycles. The molecule has 9 heteroatoms. The molecule has 2 amide bonds. The van der Waals surface area contributed by atoms with E-state index in [-0.39, 0.29) is 23.9 Å². The molecule has 1 fully saturated rings. The fraction of sp³-hybridized carbons (Fsp3) is 0.310.